The summed E-state index contributed by atoms with van der Waals surface area (Å²) in [6.45, 7) is 3.31. The van der Waals surface area contributed by atoms with Crippen molar-refractivity contribution in [1.82, 2.24) is 14.6 Å². The standard InChI is InChI=1S/C18H30N4O3S/c1-4-5-12-26(24,25)22-10-7-16(8-11-22)18(23)20-14-15-6-9-19-17(13-15)21(2)3/h6,9,13,16H,4-5,7-8,10-12,14H2,1-3H3,(H,20,23). The summed E-state index contributed by atoms with van der Waals surface area (Å²) in [5.74, 6) is 0.931. The highest BCUT2D eigenvalue weighted by Gasteiger charge is 2.30. The van der Waals surface area contributed by atoms with Crippen LogP contribution >= 0.6 is 0 Å². The summed E-state index contributed by atoms with van der Waals surface area (Å²) >= 11 is 0. The molecule has 146 valence electrons. The Bertz CT molecular complexity index is 698. The van der Waals surface area contributed by atoms with Crippen molar-refractivity contribution in [2.75, 3.05) is 37.8 Å². The van der Waals surface area contributed by atoms with Gasteiger partial charge in [-0.05, 0) is 37.0 Å². The minimum atomic E-state index is -3.17. The fraction of sp³-hybridized carbons (Fsp3) is 0.667. The number of hydrogen-bond acceptors (Lipinski definition) is 5. The van der Waals surface area contributed by atoms with Gasteiger partial charge in [0.05, 0.1) is 5.75 Å². The maximum atomic E-state index is 12.4. The minimum absolute atomic E-state index is 0.00109. The van der Waals surface area contributed by atoms with E-state index in [0.717, 1.165) is 17.8 Å². The van der Waals surface area contributed by atoms with Crippen LogP contribution in [0.1, 0.15) is 38.2 Å². The molecule has 26 heavy (non-hydrogen) atoms. The summed E-state index contributed by atoms with van der Waals surface area (Å²) in [4.78, 5) is 18.6. The van der Waals surface area contributed by atoms with Gasteiger partial charge in [-0.2, -0.15) is 0 Å². The van der Waals surface area contributed by atoms with Crippen LogP contribution in [0, 0.1) is 5.92 Å². The number of piperidine rings is 1. The van der Waals surface area contributed by atoms with Gasteiger partial charge >= 0.3 is 0 Å². The molecule has 8 heteroatoms. The average Bonchev–Trinajstić information content (AvgIpc) is 2.64. The van der Waals surface area contributed by atoms with E-state index in [4.69, 9.17) is 0 Å². The van der Waals surface area contributed by atoms with Crippen molar-refractivity contribution >= 4 is 21.7 Å². The molecule has 1 aliphatic rings. The van der Waals surface area contributed by atoms with Crippen LogP contribution < -0.4 is 10.2 Å². The molecule has 0 aliphatic carbocycles. The molecule has 1 saturated heterocycles. The lowest BCUT2D eigenvalue weighted by molar-refractivity contribution is -0.126. The molecular formula is C18H30N4O3S. The van der Waals surface area contributed by atoms with Crippen molar-refractivity contribution in [3.8, 4) is 0 Å². The molecule has 1 amide bonds. The first-order chi connectivity index (χ1) is 12.3. The summed E-state index contributed by atoms with van der Waals surface area (Å²) in [7, 11) is 0.675. The topological polar surface area (TPSA) is 82.6 Å². The van der Waals surface area contributed by atoms with E-state index in [1.165, 1.54) is 0 Å². The minimum Gasteiger partial charge on any atom is -0.363 e. The van der Waals surface area contributed by atoms with Gasteiger partial charge < -0.3 is 10.2 Å². The largest absolute Gasteiger partial charge is 0.363 e. The smallest absolute Gasteiger partial charge is 0.223 e. The van der Waals surface area contributed by atoms with Gasteiger partial charge in [-0.25, -0.2) is 17.7 Å². The molecule has 1 aliphatic heterocycles. The Kier molecular flexibility index (Phi) is 7.40. The number of rotatable bonds is 8. The predicted octanol–water partition coefficient (Wildman–Crippen LogP) is 1.61. The molecule has 0 radical (unpaired) electrons. The molecule has 7 nitrogen and oxygen atoms in total. The van der Waals surface area contributed by atoms with Crippen LogP contribution in [0.3, 0.4) is 0 Å². The highest BCUT2D eigenvalue weighted by Crippen LogP contribution is 2.21. The van der Waals surface area contributed by atoms with E-state index >= 15 is 0 Å². The summed E-state index contributed by atoms with van der Waals surface area (Å²) in [6, 6.07) is 3.83. The lowest BCUT2D eigenvalue weighted by Gasteiger charge is -2.30. The highest BCUT2D eigenvalue weighted by molar-refractivity contribution is 7.89. The van der Waals surface area contributed by atoms with Gasteiger partial charge in [0, 0.05) is 45.8 Å². The van der Waals surface area contributed by atoms with Crippen LogP contribution in [0.2, 0.25) is 0 Å². The fourth-order valence-electron chi connectivity index (χ4n) is 3.00. The number of unbranched alkanes of at least 4 members (excludes halogenated alkanes) is 1. The maximum absolute atomic E-state index is 12.4. The van der Waals surface area contributed by atoms with Gasteiger partial charge in [0.1, 0.15) is 5.82 Å². The molecular weight excluding hydrogens is 352 g/mol. The lowest BCUT2D eigenvalue weighted by atomic mass is 9.97. The van der Waals surface area contributed by atoms with Crippen molar-refractivity contribution in [3.63, 3.8) is 0 Å². The first kappa shape index (κ1) is 20.6. The van der Waals surface area contributed by atoms with Crippen LogP contribution in [0.15, 0.2) is 18.3 Å². The van der Waals surface area contributed by atoms with Gasteiger partial charge in [0.25, 0.3) is 0 Å². The molecule has 0 spiro atoms. The quantitative estimate of drug-likeness (QED) is 0.738. The Hall–Kier alpha value is -1.67. The number of hydrogen-bond donors (Lipinski definition) is 1. The van der Waals surface area contributed by atoms with E-state index in [2.05, 4.69) is 10.3 Å². The Morgan fingerprint density at radius 2 is 2.04 bits per heavy atom. The monoisotopic (exact) mass is 382 g/mol. The Labute approximate surface area is 156 Å². The molecule has 1 aromatic rings. The number of anilines is 1. The zero-order chi connectivity index (χ0) is 19.2. The third kappa shape index (κ3) is 5.67. The van der Waals surface area contributed by atoms with Crippen molar-refractivity contribution in [2.45, 2.75) is 39.2 Å². The number of sulfonamides is 1. The van der Waals surface area contributed by atoms with Gasteiger partial charge in [-0.1, -0.05) is 13.3 Å². The number of aromatic nitrogens is 1. The van der Waals surface area contributed by atoms with Crippen LogP contribution in [0.5, 0.6) is 0 Å². The molecule has 0 aromatic carbocycles. The van der Waals surface area contributed by atoms with Crippen LogP contribution in [0.25, 0.3) is 0 Å². The van der Waals surface area contributed by atoms with E-state index in [0.29, 0.717) is 38.9 Å². The molecule has 2 rings (SSSR count). The number of pyridine rings is 1. The second-order valence-electron chi connectivity index (χ2n) is 6.98. The lowest BCUT2D eigenvalue weighted by Crippen LogP contribution is -2.43. The van der Waals surface area contributed by atoms with E-state index < -0.39 is 10.0 Å². The van der Waals surface area contributed by atoms with Crippen molar-refractivity contribution in [2.24, 2.45) is 5.92 Å². The number of carbonyl (C=O) groups excluding carboxylic acids is 1. The van der Waals surface area contributed by atoms with Gasteiger partial charge in [0.15, 0.2) is 0 Å². The molecule has 0 saturated carbocycles. The number of carbonyl (C=O) groups is 1. The SMILES string of the molecule is CCCCS(=O)(=O)N1CCC(C(=O)NCc2ccnc(N(C)C)c2)CC1. The number of amides is 1. The Morgan fingerprint density at radius 3 is 2.65 bits per heavy atom. The van der Waals surface area contributed by atoms with Crippen LogP contribution in [0.4, 0.5) is 5.82 Å². The van der Waals surface area contributed by atoms with Crippen molar-refractivity contribution < 1.29 is 13.2 Å². The molecule has 1 fully saturated rings. The van der Waals surface area contributed by atoms with Gasteiger partial charge in [-0.15, -0.1) is 0 Å². The summed E-state index contributed by atoms with van der Waals surface area (Å²) in [5.41, 5.74) is 0.997. The first-order valence-corrected chi connectivity index (χ1v) is 10.8. The van der Waals surface area contributed by atoms with Gasteiger partial charge in [0.2, 0.25) is 15.9 Å². The van der Waals surface area contributed by atoms with E-state index in [9.17, 15) is 13.2 Å². The van der Waals surface area contributed by atoms with Crippen LogP contribution in [-0.2, 0) is 21.4 Å². The summed E-state index contributed by atoms with van der Waals surface area (Å²) in [6.07, 6.45) is 4.44. The van der Waals surface area contributed by atoms with Gasteiger partial charge in [-0.3, -0.25) is 4.79 Å². The summed E-state index contributed by atoms with van der Waals surface area (Å²) in [5, 5.41) is 2.97. The van der Waals surface area contributed by atoms with E-state index in [1.54, 1.807) is 10.5 Å². The fourth-order valence-corrected chi connectivity index (χ4v) is 4.68. The molecule has 0 unspecified atom stereocenters. The van der Waals surface area contributed by atoms with E-state index in [1.807, 2.05) is 38.1 Å². The second-order valence-corrected chi connectivity index (χ2v) is 9.07. The zero-order valence-electron chi connectivity index (χ0n) is 15.9. The first-order valence-electron chi connectivity index (χ1n) is 9.21. The summed E-state index contributed by atoms with van der Waals surface area (Å²) < 4.78 is 26.0. The predicted molar refractivity (Wildman–Crippen MR) is 103 cm³/mol. The average molecular weight is 383 g/mol. The Morgan fingerprint density at radius 1 is 1.35 bits per heavy atom. The molecule has 0 atom stereocenters. The Balaban J connectivity index is 1.82. The highest BCUT2D eigenvalue weighted by atomic mass is 32.2. The van der Waals surface area contributed by atoms with Crippen LogP contribution in [-0.4, -0.2) is 56.6 Å². The third-order valence-electron chi connectivity index (χ3n) is 4.71. The second kappa shape index (κ2) is 9.32. The van der Waals surface area contributed by atoms with Crippen molar-refractivity contribution in [3.05, 3.63) is 23.9 Å². The maximum Gasteiger partial charge on any atom is 0.223 e. The number of nitrogens with zero attached hydrogens (tertiary/aromatic N) is 3. The molecule has 1 aromatic heterocycles. The zero-order valence-corrected chi connectivity index (χ0v) is 16.8. The normalized spacial score (nSPS) is 16.4. The van der Waals surface area contributed by atoms with Crippen molar-refractivity contribution in [1.29, 1.82) is 0 Å². The molecule has 0 bridgehead atoms. The van der Waals surface area contributed by atoms with E-state index in [-0.39, 0.29) is 17.6 Å². The molecule has 1 N–H and O–H groups in total. The third-order valence-corrected chi connectivity index (χ3v) is 6.67. The molecule has 2 heterocycles. The number of nitrogens with one attached hydrogen (secondary N) is 1.